The number of nitro benzene ring substituents is 1. The molecule has 0 bridgehead atoms. The molecule has 0 saturated carbocycles. The minimum absolute atomic E-state index is 0.155. The van der Waals surface area contributed by atoms with E-state index >= 15 is 0 Å². The monoisotopic (exact) mass is 324 g/mol. The maximum atomic E-state index is 10.7. The van der Waals surface area contributed by atoms with Crippen LogP contribution in [0.5, 0.6) is 5.75 Å². The molecule has 1 aromatic carbocycles. The summed E-state index contributed by atoms with van der Waals surface area (Å²) in [6.07, 6.45) is 0. The van der Waals surface area contributed by atoms with Crippen LogP contribution in [0, 0.1) is 10.1 Å². The topological polar surface area (TPSA) is 113 Å². The third kappa shape index (κ3) is 4.29. The Morgan fingerprint density at radius 3 is 2.65 bits per heavy atom. The highest BCUT2D eigenvalue weighted by Gasteiger charge is 2.16. The fraction of sp³-hybridized carbons (Fsp3) is 0.250. The van der Waals surface area contributed by atoms with Crippen molar-refractivity contribution in [1.29, 1.82) is 0 Å². The predicted octanol–water partition coefficient (Wildman–Crippen LogP) is 1.02. The van der Waals surface area contributed by atoms with Crippen LogP contribution < -0.4 is 9.88 Å². The van der Waals surface area contributed by atoms with Gasteiger partial charge < -0.3 is 4.74 Å². The molecule has 9 heteroatoms. The summed E-state index contributed by atoms with van der Waals surface area (Å²) in [5, 5.41) is 15.4. The van der Waals surface area contributed by atoms with Gasteiger partial charge in [-0.2, -0.15) is 0 Å². The van der Waals surface area contributed by atoms with Gasteiger partial charge in [0, 0.05) is 6.07 Å². The molecule has 0 aliphatic carbocycles. The van der Waals surface area contributed by atoms with E-state index in [0.29, 0.717) is 0 Å². The molecule has 0 unspecified atom stereocenters. The Bertz CT molecular complexity index is 531. The van der Waals surface area contributed by atoms with Crippen molar-refractivity contribution in [2.45, 2.75) is 0 Å². The van der Waals surface area contributed by atoms with Gasteiger partial charge in [-0.3, -0.25) is 10.1 Å². The van der Waals surface area contributed by atoms with E-state index in [-0.39, 0.29) is 28.3 Å². The first-order chi connectivity index (χ1) is 7.81. The van der Waals surface area contributed by atoms with E-state index in [2.05, 4.69) is 15.9 Å². The van der Waals surface area contributed by atoms with Gasteiger partial charge in [-0.15, -0.1) is 0 Å². The van der Waals surface area contributed by atoms with Crippen molar-refractivity contribution in [3.63, 3.8) is 0 Å². The van der Waals surface area contributed by atoms with Gasteiger partial charge in [0.15, 0.2) is 0 Å². The van der Waals surface area contributed by atoms with E-state index < -0.39 is 14.9 Å². The molecule has 0 saturated heterocycles. The van der Waals surface area contributed by atoms with Crippen molar-refractivity contribution in [3.8, 4) is 5.75 Å². The zero-order chi connectivity index (χ0) is 13.1. The van der Waals surface area contributed by atoms with Crippen LogP contribution in [0.15, 0.2) is 22.7 Å². The molecule has 17 heavy (non-hydrogen) atoms. The summed E-state index contributed by atoms with van der Waals surface area (Å²) in [6, 6.07) is 4.23. The molecule has 0 aromatic heterocycles. The number of nitrogens with two attached hydrogens (primary N) is 1. The van der Waals surface area contributed by atoms with Gasteiger partial charge in [0.05, 0.1) is 10.7 Å². The summed E-state index contributed by atoms with van der Waals surface area (Å²) in [7, 11) is -3.61. The minimum Gasteiger partial charge on any atom is -0.491 e. The van der Waals surface area contributed by atoms with Crippen LogP contribution in [0.3, 0.4) is 0 Å². The lowest BCUT2D eigenvalue weighted by atomic mass is 10.3. The Morgan fingerprint density at radius 2 is 2.12 bits per heavy atom. The van der Waals surface area contributed by atoms with E-state index in [1.807, 2.05) is 0 Å². The first-order valence-electron chi connectivity index (χ1n) is 4.37. The molecule has 2 N–H and O–H groups in total. The molecule has 7 nitrogen and oxygen atoms in total. The average molecular weight is 325 g/mol. The summed E-state index contributed by atoms with van der Waals surface area (Å²) in [4.78, 5) is 10.0. The highest BCUT2D eigenvalue weighted by Crippen LogP contribution is 2.33. The molecule has 0 heterocycles. The number of nitro groups is 1. The van der Waals surface area contributed by atoms with Crippen molar-refractivity contribution in [2.75, 3.05) is 12.4 Å². The van der Waals surface area contributed by atoms with Crippen molar-refractivity contribution in [3.05, 3.63) is 32.8 Å². The molecule has 1 rings (SSSR count). The van der Waals surface area contributed by atoms with E-state index in [0.717, 1.165) is 0 Å². The predicted molar refractivity (Wildman–Crippen MR) is 64.3 cm³/mol. The van der Waals surface area contributed by atoms with Crippen LogP contribution >= 0.6 is 15.9 Å². The second-order valence-electron chi connectivity index (χ2n) is 3.06. The number of nitrogens with zero attached hydrogens (tertiary/aromatic N) is 1. The Morgan fingerprint density at radius 1 is 1.47 bits per heavy atom. The molecular weight excluding hydrogens is 316 g/mol. The number of hydrogen-bond acceptors (Lipinski definition) is 5. The Labute approximate surface area is 106 Å². The molecule has 0 atom stereocenters. The van der Waals surface area contributed by atoms with Crippen LogP contribution in [-0.2, 0) is 10.0 Å². The third-order valence-corrected chi connectivity index (χ3v) is 3.30. The van der Waals surface area contributed by atoms with E-state index in [9.17, 15) is 18.5 Å². The smallest absolute Gasteiger partial charge is 0.287 e. The Balaban J connectivity index is 2.79. The van der Waals surface area contributed by atoms with Gasteiger partial charge in [0.25, 0.3) is 5.69 Å². The molecule has 0 spiro atoms. The lowest BCUT2D eigenvalue weighted by Gasteiger charge is -2.07. The number of ether oxygens (including phenoxy) is 1. The van der Waals surface area contributed by atoms with Crippen LogP contribution in [0.1, 0.15) is 0 Å². The number of hydrogen-bond donors (Lipinski definition) is 1. The standard InChI is InChI=1S/C8H9BrN2O5S/c9-8-6(11(12)13)2-1-3-7(8)16-4-5-17(10,14)15/h1-3H,4-5H2,(H2,10,14,15). The highest BCUT2D eigenvalue weighted by atomic mass is 79.9. The molecule has 0 aliphatic rings. The summed E-state index contributed by atoms with van der Waals surface area (Å²) >= 11 is 3.02. The maximum Gasteiger partial charge on any atom is 0.287 e. The second-order valence-corrected chi connectivity index (χ2v) is 5.59. The summed E-state index contributed by atoms with van der Waals surface area (Å²) in [5.41, 5.74) is -0.155. The second kappa shape index (κ2) is 5.43. The molecule has 0 radical (unpaired) electrons. The highest BCUT2D eigenvalue weighted by molar-refractivity contribution is 9.10. The number of primary sulfonamides is 1. The van der Waals surface area contributed by atoms with Crippen LogP contribution in [0.25, 0.3) is 0 Å². The van der Waals surface area contributed by atoms with E-state index in [1.165, 1.54) is 18.2 Å². The summed E-state index contributed by atoms with van der Waals surface area (Å²) < 4.78 is 26.6. The van der Waals surface area contributed by atoms with E-state index in [1.54, 1.807) is 0 Å². The summed E-state index contributed by atoms with van der Waals surface area (Å²) in [6.45, 7) is -0.168. The SMILES string of the molecule is NS(=O)(=O)CCOc1cccc([N+](=O)[O-])c1Br. The molecular formula is C8H9BrN2O5S. The molecule has 94 valence electrons. The maximum absolute atomic E-state index is 10.7. The molecule has 1 aromatic rings. The van der Waals surface area contributed by atoms with Gasteiger partial charge in [0.2, 0.25) is 10.0 Å². The Kier molecular flexibility index (Phi) is 4.43. The molecule has 0 fully saturated rings. The van der Waals surface area contributed by atoms with Crippen LogP contribution in [0.2, 0.25) is 0 Å². The fourth-order valence-electron chi connectivity index (χ4n) is 1.02. The molecule has 0 amide bonds. The largest absolute Gasteiger partial charge is 0.491 e. The summed E-state index contributed by atoms with van der Waals surface area (Å²) in [5.74, 6) is -0.162. The number of rotatable bonds is 5. The van der Waals surface area contributed by atoms with Crippen molar-refractivity contribution >= 4 is 31.6 Å². The lowest BCUT2D eigenvalue weighted by molar-refractivity contribution is -0.385. The van der Waals surface area contributed by atoms with Gasteiger partial charge in [-0.05, 0) is 22.0 Å². The number of sulfonamides is 1. The zero-order valence-corrected chi connectivity index (χ0v) is 10.9. The first kappa shape index (κ1) is 13.9. The van der Waals surface area contributed by atoms with Crippen LogP contribution in [-0.4, -0.2) is 25.7 Å². The fourth-order valence-corrected chi connectivity index (χ4v) is 1.86. The van der Waals surface area contributed by atoms with Crippen LogP contribution in [0.4, 0.5) is 5.69 Å². The van der Waals surface area contributed by atoms with Gasteiger partial charge in [-0.25, -0.2) is 13.6 Å². The number of benzene rings is 1. The van der Waals surface area contributed by atoms with Crippen molar-refractivity contribution < 1.29 is 18.1 Å². The van der Waals surface area contributed by atoms with Crippen molar-refractivity contribution in [1.82, 2.24) is 0 Å². The van der Waals surface area contributed by atoms with Gasteiger partial charge in [0.1, 0.15) is 16.8 Å². The quantitative estimate of drug-likeness (QED) is 0.641. The first-order valence-corrected chi connectivity index (χ1v) is 6.88. The van der Waals surface area contributed by atoms with E-state index in [4.69, 9.17) is 9.88 Å². The number of halogens is 1. The average Bonchev–Trinajstić information content (AvgIpc) is 2.18. The third-order valence-electron chi connectivity index (χ3n) is 1.77. The van der Waals surface area contributed by atoms with Crippen molar-refractivity contribution in [2.24, 2.45) is 5.14 Å². The van der Waals surface area contributed by atoms with Gasteiger partial charge >= 0.3 is 0 Å². The zero-order valence-electron chi connectivity index (χ0n) is 8.50. The van der Waals surface area contributed by atoms with Gasteiger partial charge in [-0.1, -0.05) is 6.07 Å². The normalized spacial score (nSPS) is 11.2. The minimum atomic E-state index is -3.61. The lowest BCUT2D eigenvalue weighted by Crippen LogP contribution is -2.21. The Hall–Kier alpha value is -1.19. The molecule has 0 aliphatic heterocycles.